The number of anilines is 1. The normalized spacial score (nSPS) is 11.5. The predicted molar refractivity (Wildman–Crippen MR) is 64.6 cm³/mol. The molecule has 0 fully saturated rings. The Morgan fingerprint density at radius 2 is 2.17 bits per heavy atom. The smallest absolute Gasteiger partial charge is 0.369 e. The van der Waals surface area contributed by atoms with Gasteiger partial charge >= 0.3 is 6.18 Å². The summed E-state index contributed by atoms with van der Waals surface area (Å²) in [5, 5.41) is 4.80. The zero-order valence-electron chi connectivity index (χ0n) is 9.29. The van der Waals surface area contributed by atoms with Crippen LogP contribution in [-0.4, -0.2) is 11.5 Å². The van der Waals surface area contributed by atoms with Gasteiger partial charge in [-0.3, -0.25) is 0 Å². The molecule has 0 aliphatic heterocycles. The van der Waals surface area contributed by atoms with Crippen molar-refractivity contribution < 1.29 is 13.2 Å². The summed E-state index contributed by atoms with van der Waals surface area (Å²) in [7, 11) is 0. The molecule has 2 nitrogen and oxygen atoms in total. The molecular weight excluding hydrogens is 261 g/mol. The molecule has 1 N–H and O–H groups in total. The molecule has 0 aromatic carbocycles. The van der Waals surface area contributed by atoms with E-state index in [1.807, 2.05) is 17.5 Å². The first-order valence-corrected chi connectivity index (χ1v) is 6.16. The maximum Gasteiger partial charge on any atom is 0.433 e. The van der Waals surface area contributed by atoms with Crippen LogP contribution in [0.1, 0.15) is 10.6 Å². The van der Waals surface area contributed by atoms with E-state index in [4.69, 9.17) is 0 Å². The Bertz CT molecular complexity index is 494. The molecule has 1 radical (unpaired) electrons. The second kappa shape index (κ2) is 5.39. The molecule has 0 aliphatic carbocycles. The summed E-state index contributed by atoms with van der Waals surface area (Å²) in [6, 6.07) is 8.70. The topological polar surface area (TPSA) is 24.9 Å². The van der Waals surface area contributed by atoms with Gasteiger partial charge in [0.15, 0.2) is 0 Å². The van der Waals surface area contributed by atoms with Crippen LogP contribution >= 0.6 is 11.3 Å². The van der Waals surface area contributed by atoms with Crippen molar-refractivity contribution in [2.75, 3.05) is 11.9 Å². The molecule has 2 heterocycles. The standard InChI is InChI=1S/C12H10F3N2S/c13-12(14,15)10-4-1-5-11(17-10)16-7-6-9-3-2-8-18-9/h1-4,8H,6-7H2,(H,16,17). The molecule has 0 spiro atoms. The van der Waals surface area contributed by atoms with Crippen LogP contribution in [0.2, 0.25) is 0 Å². The van der Waals surface area contributed by atoms with Crippen molar-refractivity contribution in [2.45, 2.75) is 12.6 Å². The van der Waals surface area contributed by atoms with Crippen molar-refractivity contribution in [3.8, 4) is 0 Å². The monoisotopic (exact) mass is 271 g/mol. The molecule has 0 saturated carbocycles. The number of hydrogen-bond acceptors (Lipinski definition) is 3. The van der Waals surface area contributed by atoms with Crippen molar-refractivity contribution in [1.29, 1.82) is 0 Å². The average molecular weight is 271 g/mol. The molecule has 2 aromatic heterocycles. The maximum absolute atomic E-state index is 12.4. The molecule has 18 heavy (non-hydrogen) atoms. The van der Waals surface area contributed by atoms with E-state index in [9.17, 15) is 13.2 Å². The molecule has 0 unspecified atom stereocenters. The molecule has 95 valence electrons. The zero-order valence-corrected chi connectivity index (χ0v) is 10.1. The summed E-state index contributed by atoms with van der Waals surface area (Å²) >= 11 is 1.61. The van der Waals surface area contributed by atoms with Gasteiger partial charge in [-0.2, -0.15) is 13.2 Å². The van der Waals surface area contributed by atoms with Crippen LogP contribution < -0.4 is 5.32 Å². The fourth-order valence-electron chi connectivity index (χ4n) is 1.40. The lowest BCUT2D eigenvalue weighted by molar-refractivity contribution is -0.141. The van der Waals surface area contributed by atoms with E-state index in [1.54, 1.807) is 11.3 Å². The zero-order chi connectivity index (χ0) is 13.0. The third-order valence-corrected chi connectivity index (χ3v) is 3.16. The summed E-state index contributed by atoms with van der Waals surface area (Å²) in [6.45, 7) is 0.533. The van der Waals surface area contributed by atoms with Crippen LogP contribution in [0.5, 0.6) is 0 Å². The van der Waals surface area contributed by atoms with Crippen molar-refractivity contribution in [3.63, 3.8) is 0 Å². The van der Waals surface area contributed by atoms with Gasteiger partial charge < -0.3 is 5.32 Å². The van der Waals surface area contributed by atoms with Gasteiger partial charge in [-0.1, -0.05) is 6.07 Å². The Kier molecular flexibility index (Phi) is 3.86. The fraction of sp³-hybridized carbons (Fsp3) is 0.250. The van der Waals surface area contributed by atoms with Gasteiger partial charge in [-0.05, 0) is 30.0 Å². The lowest BCUT2D eigenvalue weighted by Gasteiger charge is -2.08. The largest absolute Gasteiger partial charge is 0.433 e. The van der Waals surface area contributed by atoms with E-state index >= 15 is 0 Å². The lowest BCUT2D eigenvalue weighted by atomic mass is 10.3. The average Bonchev–Trinajstić information content (AvgIpc) is 2.81. The Labute approximate surface area is 106 Å². The SMILES string of the molecule is FC(F)(F)c1cc[c]c(NCCc2cccs2)n1. The van der Waals surface area contributed by atoms with Gasteiger partial charge in [0.2, 0.25) is 0 Å². The molecule has 0 bridgehead atoms. The minimum absolute atomic E-state index is 0.126. The fourth-order valence-corrected chi connectivity index (χ4v) is 2.11. The van der Waals surface area contributed by atoms with Crippen LogP contribution in [0.25, 0.3) is 0 Å². The molecule has 6 heteroatoms. The van der Waals surface area contributed by atoms with Crippen LogP contribution in [0.3, 0.4) is 0 Å². The predicted octanol–water partition coefficient (Wildman–Crippen LogP) is 3.62. The van der Waals surface area contributed by atoms with Gasteiger partial charge in [0.05, 0.1) is 0 Å². The summed E-state index contributed by atoms with van der Waals surface area (Å²) in [6.07, 6.45) is -3.66. The molecule has 2 rings (SSSR count). The van der Waals surface area contributed by atoms with Crippen molar-refractivity contribution in [3.05, 3.63) is 46.3 Å². The quantitative estimate of drug-likeness (QED) is 0.918. The van der Waals surface area contributed by atoms with E-state index in [2.05, 4.69) is 16.4 Å². The Morgan fingerprint density at radius 3 is 2.83 bits per heavy atom. The highest BCUT2D eigenvalue weighted by Crippen LogP contribution is 2.27. The van der Waals surface area contributed by atoms with E-state index in [1.165, 1.54) is 10.9 Å². The third-order valence-electron chi connectivity index (χ3n) is 2.23. The molecule has 0 aliphatic rings. The minimum Gasteiger partial charge on any atom is -0.369 e. The van der Waals surface area contributed by atoms with Gasteiger partial charge in [0.25, 0.3) is 0 Å². The number of halogens is 3. The number of nitrogens with zero attached hydrogens (tertiary/aromatic N) is 1. The molecule has 0 saturated heterocycles. The van der Waals surface area contributed by atoms with E-state index in [0.717, 1.165) is 12.5 Å². The van der Waals surface area contributed by atoms with Gasteiger partial charge in [0.1, 0.15) is 11.5 Å². The number of thiophene rings is 1. The van der Waals surface area contributed by atoms with E-state index < -0.39 is 11.9 Å². The Morgan fingerprint density at radius 1 is 1.33 bits per heavy atom. The first-order valence-electron chi connectivity index (χ1n) is 5.28. The summed E-state index contributed by atoms with van der Waals surface area (Å²) in [4.78, 5) is 4.65. The summed E-state index contributed by atoms with van der Waals surface area (Å²) in [5.74, 6) is 0.126. The lowest BCUT2D eigenvalue weighted by Crippen LogP contribution is -2.11. The highest BCUT2D eigenvalue weighted by molar-refractivity contribution is 7.09. The molecule has 0 amide bonds. The highest BCUT2D eigenvalue weighted by atomic mass is 32.1. The number of aromatic nitrogens is 1. The summed E-state index contributed by atoms with van der Waals surface area (Å²) in [5.41, 5.74) is -0.903. The third kappa shape index (κ3) is 3.46. The second-order valence-corrected chi connectivity index (χ2v) is 4.61. The highest BCUT2D eigenvalue weighted by Gasteiger charge is 2.32. The Hall–Kier alpha value is -1.56. The first-order chi connectivity index (χ1) is 8.55. The molecular formula is C12H10F3N2S. The molecule has 0 atom stereocenters. The number of rotatable bonds is 4. The second-order valence-electron chi connectivity index (χ2n) is 3.58. The number of nitrogens with one attached hydrogen (secondary N) is 1. The van der Waals surface area contributed by atoms with Crippen LogP contribution in [-0.2, 0) is 12.6 Å². The van der Waals surface area contributed by atoms with Crippen LogP contribution in [0.4, 0.5) is 19.0 Å². The maximum atomic E-state index is 12.4. The van der Waals surface area contributed by atoms with Gasteiger partial charge in [-0.15, -0.1) is 11.3 Å². The van der Waals surface area contributed by atoms with E-state index in [0.29, 0.717) is 6.54 Å². The number of alkyl halides is 3. The number of hydrogen-bond donors (Lipinski definition) is 1. The van der Waals surface area contributed by atoms with Crippen LogP contribution in [0.15, 0.2) is 29.6 Å². The van der Waals surface area contributed by atoms with E-state index in [-0.39, 0.29) is 5.82 Å². The number of pyridine rings is 1. The molecule has 2 aromatic rings. The van der Waals surface area contributed by atoms with Crippen molar-refractivity contribution in [1.82, 2.24) is 4.98 Å². The van der Waals surface area contributed by atoms with Crippen molar-refractivity contribution >= 4 is 17.2 Å². The van der Waals surface area contributed by atoms with Gasteiger partial charge in [0, 0.05) is 17.5 Å². The first kappa shape index (κ1) is 12.9. The van der Waals surface area contributed by atoms with Gasteiger partial charge in [-0.25, -0.2) is 4.98 Å². The minimum atomic E-state index is -4.42. The van der Waals surface area contributed by atoms with Crippen LogP contribution in [0, 0.1) is 6.07 Å². The Balaban J connectivity index is 1.93. The van der Waals surface area contributed by atoms with Crippen molar-refractivity contribution in [2.24, 2.45) is 0 Å². The summed E-state index contributed by atoms with van der Waals surface area (Å²) < 4.78 is 37.2.